The third-order valence-corrected chi connectivity index (χ3v) is 10.7. The van der Waals surface area contributed by atoms with Crippen molar-refractivity contribution in [3.05, 3.63) is 194 Å². The van der Waals surface area contributed by atoms with Gasteiger partial charge in [0.05, 0.1) is 5.69 Å². The van der Waals surface area contributed by atoms with Crippen molar-refractivity contribution in [2.75, 3.05) is 4.90 Å². The maximum Gasteiger partial charge on any atom is 0.227 e. The lowest BCUT2D eigenvalue weighted by atomic mass is 9.93. The van der Waals surface area contributed by atoms with Gasteiger partial charge in [-0.25, -0.2) is 4.98 Å². The Morgan fingerprint density at radius 2 is 1.00 bits per heavy atom. The number of fused-ring (bicyclic) bond motifs is 7. The van der Waals surface area contributed by atoms with E-state index < -0.39 is 0 Å². The number of oxazole rings is 1. The highest BCUT2D eigenvalue weighted by Gasteiger charge is 2.20. The molecule has 0 unspecified atom stereocenters. The van der Waals surface area contributed by atoms with Gasteiger partial charge in [-0.3, -0.25) is 0 Å². The lowest BCUT2D eigenvalue weighted by molar-refractivity contribution is 0.620. The van der Waals surface area contributed by atoms with Gasteiger partial charge >= 0.3 is 0 Å². The summed E-state index contributed by atoms with van der Waals surface area (Å²) < 4.78 is 12.7. The molecule has 11 rings (SSSR count). The summed E-state index contributed by atoms with van der Waals surface area (Å²) >= 11 is 0. The van der Waals surface area contributed by atoms with Crippen LogP contribution < -0.4 is 4.90 Å². The zero-order valence-electron chi connectivity index (χ0n) is 29.7. The summed E-state index contributed by atoms with van der Waals surface area (Å²) in [6.07, 6.45) is 0. The molecule has 2 heterocycles. The molecule has 2 aromatic heterocycles. The molecule has 0 aliphatic rings. The number of hydrogen-bond donors (Lipinski definition) is 0. The standard InChI is InChI=1S/C51H32N2O2/c1-3-13-33(14-4-1)40-19-11-12-22-47(40)53(37-25-23-34(24-26-37)43-29-36-17-7-8-18-39(36)41-20-9-10-21-42(41)43)38-27-28-48-44(30-38)45-31-50-46(32-49(45)54-48)52-51(55-50)35-15-5-2-6-16-35/h1-32H. The largest absolute Gasteiger partial charge is 0.456 e. The van der Waals surface area contributed by atoms with Crippen molar-refractivity contribution in [1.29, 1.82) is 0 Å². The van der Waals surface area contributed by atoms with Gasteiger partial charge in [0.15, 0.2) is 5.58 Å². The lowest BCUT2D eigenvalue weighted by Crippen LogP contribution is -2.11. The first-order chi connectivity index (χ1) is 27.2. The van der Waals surface area contributed by atoms with E-state index in [-0.39, 0.29) is 0 Å². The Bertz CT molecular complexity index is 3200. The second-order valence-corrected chi connectivity index (χ2v) is 13.9. The molecule has 0 saturated carbocycles. The predicted octanol–water partition coefficient (Wildman–Crippen LogP) is 14.5. The maximum absolute atomic E-state index is 6.44. The minimum atomic E-state index is 0.595. The van der Waals surface area contributed by atoms with E-state index in [0.717, 1.165) is 66.8 Å². The first kappa shape index (κ1) is 31.1. The van der Waals surface area contributed by atoms with Crippen molar-refractivity contribution < 1.29 is 8.83 Å². The van der Waals surface area contributed by atoms with Crippen LogP contribution in [0, 0.1) is 0 Å². The minimum absolute atomic E-state index is 0.595. The van der Waals surface area contributed by atoms with E-state index in [1.165, 1.54) is 32.7 Å². The molecular weight excluding hydrogens is 673 g/mol. The quantitative estimate of drug-likeness (QED) is 0.162. The summed E-state index contributed by atoms with van der Waals surface area (Å²) in [5.74, 6) is 0.595. The molecule has 4 heteroatoms. The summed E-state index contributed by atoms with van der Waals surface area (Å²) in [5, 5.41) is 7.00. The average Bonchev–Trinajstić information content (AvgIpc) is 3.84. The van der Waals surface area contributed by atoms with Crippen LogP contribution in [0.25, 0.3) is 88.3 Å². The number of furan rings is 1. The van der Waals surface area contributed by atoms with Crippen LogP contribution >= 0.6 is 0 Å². The number of para-hydroxylation sites is 1. The van der Waals surface area contributed by atoms with E-state index >= 15 is 0 Å². The van der Waals surface area contributed by atoms with Crippen molar-refractivity contribution in [2.24, 2.45) is 0 Å². The molecule has 4 nitrogen and oxygen atoms in total. The number of aromatic nitrogens is 1. The van der Waals surface area contributed by atoms with Gasteiger partial charge in [-0.1, -0.05) is 127 Å². The van der Waals surface area contributed by atoms with Crippen molar-refractivity contribution in [1.82, 2.24) is 4.98 Å². The topological polar surface area (TPSA) is 42.4 Å². The van der Waals surface area contributed by atoms with Crippen LogP contribution in [-0.2, 0) is 0 Å². The molecule has 0 N–H and O–H groups in total. The van der Waals surface area contributed by atoms with E-state index in [9.17, 15) is 0 Å². The molecule has 0 amide bonds. The molecule has 0 fully saturated rings. The van der Waals surface area contributed by atoms with Crippen LogP contribution in [0.15, 0.2) is 203 Å². The molecule has 0 atom stereocenters. The smallest absolute Gasteiger partial charge is 0.227 e. The van der Waals surface area contributed by atoms with E-state index in [1.54, 1.807) is 0 Å². The van der Waals surface area contributed by atoms with Crippen LogP contribution in [0.3, 0.4) is 0 Å². The van der Waals surface area contributed by atoms with Gasteiger partial charge in [-0.05, 0) is 98.9 Å². The fourth-order valence-electron chi connectivity index (χ4n) is 8.07. The molecule has 0 bridgehead atoms. The average molecular weight is 705 g/mol. The third kappa shape index (κ3) is 5.26. The van der Waals surface area contributed by atoms with Gasteiger partial charge in [0, 0.05) is 39.3 Å². The molecule has 55 heavy (non-hydrogen) atoms. The van der Waals surface area contributed by atoms with Crippen molar-refractivity contribution in [2.45, 2.75) is 0 Å². The highest BCUT2D eigenvalue weighted by Crippen LogP contribution is 2.44. The Balaban J connectivity index is 1.08. The molecule has 258 valence electrons. The maximum atomic E-state index is 6.44. The van der Waals surface area contributed by atoms with E-state index in [0.29, 0.717) is 5.89 Å². The highest BCUT2D eigenvalue weighted by atomic mass is 16.4. The van der Waals surface area contributed by atoms with Crippen molar-refractivity contribution >= 4 is 71.6 Å². The van der Waals surface area contributed by atoms with Gasteiger partial charge in [0.2, 0.25) is 5.89 Å². The third-order valence-electron chi connectivity index (χ3n) is 10.7. The van der Waals surface area contributed by atoms with Crippen LogP contribution in [0.1, 0.15) is 0 Å². The molecular formula is C51H32N2O2. The summed E-state index contributed by atoms with van der Waals surface area (Å²) in [6, 6.07) is 68.3. The number of rotatable bonds is 6. The fraction of sp³-hybridized carbons (Fsp3) is 0. The van der Waals surface area contributed by atoms with Crippen LogP contribution in [0.4, 0.5) is 17.1 Å². The monoisotopic (exact) mass is 704 g/mol. The van der Waals surface area contributed by atoms with E-state index in [1.807, 2.05) is 36.4 Å². The number of nitrogens with zero attached hydrogens (tertiary/aromatic N) is 2. The van der Waals surface area contributed by atoms with E-state index in [4.69, 9.17) is 13.8 Å². The Morgan fingerprint density at radius 1 is 0.364 bits per heavy atom. The summed E-state index contributed by atoms with van der Waals surface area (Å²) in [7, 11) is 0. The zero-order valence-corrected chi connectivity index (χ0v) is 29.7. The van der Waals surface area contributed by atoms with Gasteiger partial charge in [-0.2, -0.15) is 0 Å². The normalized spacial score (nSPS) is 11.6. The highest BCUT2D eigenvalue weighted by molar-refractivity contribution is 6.14. The summed E-state index contributed by atoms with van der Waals surface area (Å²) in [5.41, 5.74) is 11.8. The van der Waals surface area contributed by atoms with E-state index in [2.05, 4.69) is 163 Å². The zero-order chi connectivity index (χ0) is 36.3. The Labute approximate surface area is 317 Å². The van der Waals surface area contributed by atoms with Gasteiger partial charge in [-0.15, -0.1) is 0 Å². The van der Waals surface area contributed by atoms with Crippen molar-refractivity contribution in [3.8, 4) is 33.7 Å². The molecule has 0 spiro atoms. The molecule has 9 aromatic carbocycles. The predicted molar refractivity (Wildman–Crippen MR) is 227 cm³/mol. The summed E-state index contributed by atoms with van der Waals surface area (Å²) in [6.45, 7) is 0. The number of benzene rings is 9. The Hall–Kier alpha value is -7.43. The van der Waals surface area contributed by atoms with Gasteiger partial charge in [0.25, 0.3) is 0 Å². The van der Waals surface area contributed by atoms with Crippen LogP contribution in [0.2, 0.25) is 0 Å². The number of hydrogen-bond acceptors (Lipinski definition) is 4. The van der Waals surface area contributed by atoms with Gasteiger partial charge in [0.1, 0.15) is 16.7 Å². The van der Waals surface area contributed by atoms with Crippen LogP contribution in [0.5, 0.6) is 0 Å². The molecule has 0 aliphatic carbocycles. The molecule has 0 saturated heterocycles. The van der Waals surface area contributed by atoms with Gasteiger partial charge < -0.3 is 13.7 Å². The minimum Gasteiger partial charge on any atom is -0.456 e. The first-order valence-electron chi connectivity index (χ1n) is 18.5. The second-order valence-electron chi connectivity index (χ2n) is 13.9. The Kier molecular flexibility index (Phi) is 7.14. The Morgan fingerprint density at radius 3 is 1.82 bits per heavy atom. The van der Waals surface area contributed by atoms with Crippen LogP contribution in [-0.4, -0.2) is 4.98 Å². The second kappa shape index (κ2) is 12.6. The molecule has 0 radical (unpaired) electrons. The summed E-state index contributed by atoms with van der Waals surface area (Å²) in [4.78, 5) is 7.14. The molecule has 11 aromatic rings. The molecule has 0 aliphatic heterocycles. The number of anilines is 3. The SMILES string of the molecule is c1ccc(-c2nc3cc4oc5ccc(N(c6ccc(-c7cc8ccccc8c8ccccc78)cc6)c6ccccc6-c6ccccc6)cc5c4cc3o2)cc1. The first-order valence-corrected chi connectivity index (χ1v) is 18.5. The van der Waals surface area contributed by atoms with Crippen molar-refractivity contribution in [3.63, 3.8) is 0 Å². The lowest BCUT2D eigenvalue weighted by Gasteiger charge is -2.28. The fourth-order valence-corrected chi connectivity index (χ4v) is 8.07.